The molecule has 166 valence electrons. The third-order valence-corrected chi connectivity index (χ3v) is 9.46. The highest BCUT2D eigenvalue weighted by Crippen LogP contribution is 2.46. The van der Waals surface area contributed by atoms with Gasteiger partial charge in [-0.25, -0.2) is 9.38 Å². The predicted octanol–water partition coefficient (Wildman–Crippen LogP) is 3.47. The van der Waals surface area contributed by atoms with Crippen molar-refractivity contribution < 1.29 is 4.74 Å². The zero-order valence-electron chi connectivity index (χ0n) is 18.0. The summed E-state index contributed by atoms with van der Waals surface area (Å²) >= 11 is 4.27. The van der Waals surface area contributed by atoms with Gasteiger partial charge in [-0.15, -0.1) is 11.3 Å². The summed E-state index contributed by atoms with van der Waals surface area (Å²) in [5.41, 5.74) is 2.36. The quantitative estimate of drug-likeness (QED) is 0.374. The molecule has 4 heterocycles. The molecule has 2 aromatic carbocycles. The highest BCUT2D eigenvalue weighted by atomic mass is 32.2. The van der Waals surface area contributed by atoms with Gasteiger partial charge in [0.05, 0.1) is 23.8 Å². The second-order valence-electron chi connectivity index (χ2n) is 7.54. The van der Waals surface area contributed by atoms with Crippen molar-refractivity contribution in [2.24, 2.45) is 0 Å². The van der Waals surface area contributed by atoms with E-state index in [2.05, 4.69) is 4.98 Å². The van der Waals surface area contributed by atoms with Gasteiger partial charge >= 0.3 is 0 Å². The fraction of sp³-hybridized carbons (Fsp3) is 0.174. The molecule has 0 spiro atoms. The normalized spacial score (nSPS) is 16.2. The lowest BCUT2D eigenvalue weighted by atomic mass is 10.3. The third kappa shape index (κ3) is 2.91. The number of hydrogen-bond acceptors (Lipinski definition) is 8. The minimum atomic E-state index is -0.135. The van der Waals surface area contributed by atoms with Gasteiger partial charge in [-0.2, -0.15) is 0 Å². The highest BCUT2D eigenvalue weighted by molar-refractivity contribution is 8.08. The van der Waals surface area contributed by atoms with Crippen molar-refractivity contribution in [1.82, 2.24) is 14.0 Å². The minimum absolute atomic E-state index is 0.0816. The standard InChI is InChI=1S/C23H18N4O3S3/c1-4-26-19(28)17(21-25(2)15-11-12(30-3)9-10-16(15)31-21)32-22(26)18-20(29)27-14-8-6-5-7-13(14)24-23(27)33-18/h5-11H,4H2,1-3H3. The van der Waals surface area contributed by atoms with Crippen molar-refractivity contribution in [3.05, 3.63) is 76.9 Å². The smallest absolute Gasteiger partial charge is 0.277 e. The largest absolute Gasteiger partial charge is 0.497 e. The lowest BCUT2D eigenvalue weighted by Gasteiger charge is -2.13. The minimum Gasteiger partial charge on any atom is -0.497 e. The Morgan fingerprint density at radius 3 is 2.64 bits per heavy atom. The van der Waals surface area contributed by atoms with Crippen LogP contribution in [-0.2, 0) is 6.54 Å². The predicted molar refractivity (Wildman–Crippen MR) is 135 cm³/mol. The molecule has 1 aliphatic rings. The molecule has 3 aromatic heterocycles. The van der Waals surface area contributed by atoms with Gasteiger partial charge in [0.15, 0.2) is 4.96 Å². The average Bonchev–Trinajstić information content (AvgIpc) is 3.54. The lowest BCUT2D eigenvalue weighted by Crippen LogP contribution is -2.31. The molecule has 33 heavy (non-hydrogen) atoms. The van der Waals surface area contributed by atoms with Gasteiger partial charge < -0.3 is 9.64 Å². The summed E-state index contributed by atoms with van der Waals surface area (Å²) in [4.78, 5) is 35.2. The number of nitrogens with zero attached hydrogens (tertiary/aromatic N) is 4. The van der Waals surface area contributed by atoms with E-state index >= 15 is 0 Å². The molecule has 6 rings (SSSR count). The Kier molecular flexibility index (Phi) is 4.65. The zero-order valence-corrected chi connectivity index (χ0v) is 20.4. The van der Waals surface area contributed by atoms with Crippen LogP contribution in [0.1, 0.15) is 6.92 Å². The van der Waals surface area contributed by atoms with Crippen molar-refractivity contribution in [3.63, 3.8) is 0 Å². The Bertz CT molecular complexity index is 1850. The fourth-order valence-corrected chi connectivity index (χ4v) is 7.75. The molecule has 0 bridgehead atoms. The van der Waals surface area contributed by atoms with E-state index in [1.165, 1.54) is 22.7 Å². The Hall–Kier alpha value is -3.08. The molecule has 10 heteroatoms. The molecule has 0 fully saturated rings. The summed E-state index contributed by atoms with van der Waals surface area (Å²) in [6.07, 6.45) is 0. The van der Waals surface area contributed by atoms with Crippen LogP contribution in [0.25, 0.3) is 21.0 Å². The second-order valence-corrected chi connectivity index (χ2v) is 10.5. The van der Waals surface area contributed by atoms with Crippen LogP contribution in [0.4, 0.5) is 5.69 Å². The summed E-state index contributed by atoms with van der Waals surface area (Å²) in [7, 11) is 3.59. The van der Waals surface area contributed by atoms with Crippen LogP contribution in [0.5, 0.6) is 5.75 Å². The molecule has 7 nitrogen and oxygen atoms in total. The van der Waals surface area contributed by atoms with Gasteiger partial charge in [-0.1, -0.05) is 35.2 Å². The van der Waals surface area contributed by atoms with Crippen LogP contribution in [0.15, 0.2) is 56.9 Å². The van der Waals surface area contributed by atoms with E-state index in [9.17, 15) is 9.59 Å². The first-order valence-electron chi connectivity index (χ1n) is 10.3. The molecule has 0 radical (unpaired) electrons. The monoisotopic (exact) mass is 494 g/mol. The maximum absolute atomic E-state index is 13.4. The number of anilines is 1. The number of aromatic nitrogens is 3. The molecule has 0 unspecified atom stereocenters. The van der Waals surface area contributed by atoms with Gasteiger partial charge in [-0.3, -0.25) is 14.2 Å². The van der Waals surface area contributed by atoms with E-state index in [1.807, 2.05) is 61.3 Å². The van der Waals surface area contributed by atoms with E-state index < -0.39 is 0 Å². The van der Waals surface area contributed by atoms with Crippen molar-refractivity contribution in [2.75, 3.05) is 19.1 Å². The number of thiazole rings is 2. The van der Waals surface area contributed by atoms with Gasteiger partial charge in [0.1, 0.15) is 24.5 Å². The Morgan fingerprint density at radius 1 is 1.03 bits per heavy atom. The number of rotatable bonds is 2. The molecule has 0 atom stereocenters. The first-order chi connectivity index (χ1) is 16.0. The van der Waals surface area contributed by atoms with Gasteiger partial charge in [0.2, 0.25) is 0 Å². The molecular formula is C23H18N4O3S3. The third-order valence-electron chi connectivity index (χ3n) is 5.75. The topological polar surface area (TPSA) is 68.8 Å². The highest BCUT2D eigenvalue weighted by Gasteiger charge is 2.25. The number of thioether (sulfide) groups is 1. The first-order valence-corrected chi connectivity index (χ1v) is 12.7. The fourth-order valence-electron chi connectivity index (χ4n) is 4.09. The van der Waals surface area contributed by atoms with E-state index in [-0.39, 0.29) is 11.1 Å². The molecule has 0 saturated carbocycles. The van der Waals surface area contributed by atoms with Gasteiger partial charge in [0, 0.05) is 24.6 Å². The Labute approximate surface area is 199 Å². The summed E-state index contributed by atoms with van der Waals surface area (Å²) in [5, 5.41) is 0.862. The zero-order chi connectivity index (χ0) is 22.9. The van der Waals surface area contributed by atoms with Crippen LogP contribution in [0.2, 0.25) is 0 Å². The van der Waals surface area contributed by atoms with E-state index in [4.69, 9.17) is 4.74 Å². The molecule has 5 aromatic rings. The molecule has 0 amide bonds. The molecule has 0 N–H and O–H groups in total. The Morgan fingerprint density at radius 2 is 1.85 bits per heavy atom. The second kappa shape index (κ2) is 7.47. The summed E-state index contributed by atoms with van der Waals surface area (Å²) in [6.45, 7) is 2.41. The number of methoxy groups -OCH3 is 1. The van der Waals surface area contributed by atoms with Crippen molar-refractivity contribution in [3.8, 4) is 5.75 Å². The van der Waals surface area contributed by atoms with Crippen molar-refractivity contribution >= 4 is 61.1 Å². The van der Waals surface area contributed by atoms with Crippen LogP contribution < -0.4 is 25.3 Å². The molecule has 0 saturated heterocycles. The lowest BCUT2D eigenvalue weighted by molar-refractivity contribution is 0.414. The molecule has 1 aliphatic heterocycles. The Balaban J connectivity index is 1.68. The molecular weight excluding hydrogens is 476 g/mol. The maximum Gasteiger partial charge on any atom is 0.277 e. The van der Waals surface area contributed by atoms with Gasteiger partial charge in [-0.05, 0) is 31.2 Å². The van der Waals surface area contributed by atoms with Gasteiger partial charge in [0.25, 0.3) is 11.1 Å². The summed E-state index contributed by atoms with van der Waals surface area (Å²) in [5.74, 6) is 0.769. The summed E-state index contributed by atoms with van der Waals surface area (Å²) in [6, 6.07) is 13.5. The number of hydrogen-bond donors (Lipinski definition) is 0. The number of ether oxygens (including phenoxy) is 1. The van der Waals surface area contributed by atoms with Crippen LogP contribution in [0, 0.1) is 9.20 Å². The number of fused-ring (bicyclic) bond motifs is 4. The first kappa shape index (κ1) is 20.5. The van der Waals surface area contributed by atoms with Crippen molar-refractivity contribution in [2.45, 2.75) is 18.4 Å². The van der Waals surface area contributed by atoms with Crippen LogP contribution in [-0.4, -0.2) is 28.1 Å². The maximum atomic E-state index is 13.4. The number of para-hydroxylation sites is 2. The number of benzene rings is 2. The molecule has 0 aliphatic carbocycles. The average molecular weight is 495 g/mol. The SMILES string of the molecule is CCn1c(=c2sc3nc4ccccc4n3c2=O)sc(=C2Sc3ccc(OC)cc3N2C)c1=O. The van der Waals surface area contributed by atoms with Crippen molar-refractivity contribution in [1.29, 1.82) is 0 Å². The van der Waals surface area contributed by atoms with Crippen LogP contribution >= 0.6 is 34.4 Å². The summed E-state index contributed by atoms with van der Waals surface area (Å²) < 4.78 is 10.6. The van der Waals surface area contributed by atoms with E-state index in [1.54, 1.807) is 27.8 Å². The van der Waals surface area contributed by atoms with Crippen LogP contribution in [0.3, 0.4) is 0 Å². The van der Waals surface area contributed by atoms with E-state index in [0.717, 1.165) is 32.4 Å². The van der Waals surface area contributed by atoms with E-state index in [0.29, 0.717) is 25.2 Å². The number of imidazole rings is 1.